The molecular formula is C10H20N2OS. The smallest absolute Gasteiger partial charge is 0.221 e. The van der Waals surface area contributed by atoms with Gasteiger partial charge in [-0.05, 0) is 25.5 Å². The van der Waals surface area contributed by atoms with E-state index in [1.807, 2.05) is 18.7 Å². The van der Waals surface area contributed by atoms with Crippen molar-refractivity contribution in [1.82, 2.24) is 5.32 Å². The average Bonchev–Trinajstić information content (AvgIpc) is 2.19. The van der Waals surface area contributed by atoms with E-state index in [9.17, 15) is 4.79 Å². The van der Waals surface area contributed by atoms with Gasteiger partial charge in [-0.1, -0.05) is 6.42 Å². The highest BCUT2D eigenvalue weighted by atomic mass is 32.2. The minimum atomic E-state index is 0.107. The first-order valence-corrected chi connectivity index (χ1v) is 6.38. The quantitative estimate of drug-likeness (QED) is 0.740. The van der Waals surface area contributed by atoms with Gasteiger partial charge in [-0.3, -0.25) is 4.79 Å². The number of amides is 1. The molecule has 1 saturated heterocycles. The molecule has 14 heavy (non-hydrogen) atoms. The maximum Gasteiger partial charge on any atom is 0.221 e. The lowest BCUT2D eigenvalue weighted by atomic mass is 10.1. The third-order valence-electron chi connectivity index (χ3n) is 2.45. The van der Waals surface area contributed by atoms with Crippen molar-refractivity contribution in [2.24, 2.45) is 5.73 Å². The molecule has 82 valence electrons. The summed E-state index contributed by atoms with van der Waals surface area (Å²) in [5.74, 6) is 1.37. The number of carbonyl (C=O) groups excluding carboxylic acids is 1. The highest BCUT2D eigenvalue weighted by Gasteiger charge is 2.17. The second-order valence-electron chi connectivity index (χ2n) is 3.90. The van der Waals surface area contributed by atoms with Crippen LogP contribution < -0.4 is 11.1 Å². The van der Waals surface area contributed by atoms with Gasteiger partial charge in [-0.2, -0.15) is 11.8 Å². The van der Waals surface area contributed by atoms with E-state index in [4.69, 9.17) is 5.73 Å². The Bertz CT molecular complexity index is 181. The third kappa shape index (κ3) is 4.33. The molecule has 1 aliphatic heterocycles. The van der Waals surface area contributed by atoms with Crippen LogP contribution in [0.15, 0.2) is 0 Å². The largest absolute Gasteiger partial charge is 0.352 e. The lowest BCUT2D eigenvalue weighted by Gasteiger charge is -2.21. The molecule has 1 aliphatic rings. The summed E-state index contributed by atoms with van der Waals surface area (Å²) in [4.78, 5) is 11.5. The van der Waals surface area contributed by atoms with Gasteiger partial charge in [0.05, 0.1) is 0 Å². The molecule has 0 aromatic carbocycles. The number of nitrogens with one attached hydrogen (secondary N) is 1. The van der Waals surface area contributed by atoms with E-state index < -0.39 is 0 Å². The SMILES string of the molecule is CC(CN)NC(=O)CC1CCCCS1. The van der Waals surface area contributed by atoms with Crippen molar-refractivity contribution in [3.8, 4) is 0 Å². The van der Waals surface area contributed by atoms with Gasteiger partial charge in [-0.25, -0.2) is 0 Å². The predicted octanol–water partition coefficient (Wildman–Crippen LogP) is 1.13. The molecule has 0 aromatic heterocycles. The highest BCUT2D eigenvalue weighted by molar-refractivity contribution is 7.99. The van der Waals surface area contributed by atoms with Gasteiger partial charge in [0, 0.05) is 24.3 Å². The Morgan fingerprint density at radius 2 is 2.43 bits per heavy atom. The Kier molecular flexibility index (Phi) is 5.33. The maximum atomic E-state index is 11.5. The van der Waals surface area contributed by atoms with Crippen molar-refractivity contribution in [2.75, 3.05) is 12.3 Å². The fourth-order valence-corrected chi connectivity index (χ4v) is 2.87. The number of thioether (sulfide) groups is 1. The van der Waals surface area contributed by atoms with Crippen LogP contribution in [0.25, 0.3) is 0 Å². The van der Waals surface area contributed by atoms with Crippen LogP contribution in [0.1, 0.15) is 32.6 Å². The molecule has 1 heterocycles. The molecule has 1 rings (SSSR count). The second-order valence-corrected chi connectivity index (χ2v) is 5.31. The van der Waals surface area contributed by atoms with Crippen molar-refractivity contribution >= 4 is 17.7 Å². The first kappa shape index (κ1) is 11.9. The molecule has 0 saturated carbocycles. The van der Waals surface area contributed by atoms with Crippen molar-refractivity contribution in [3.63, 3.8) is 0 Å². The number of hydrogen-bond acceptors (Lipinski definition) is 3. The van der Waals surface area contributed by atoms with Crippen LogP contribution in [-0.4, -0.2) is 29.5 Å². The van der Waals surface area contributed by atoms with Crippen LogP contribution in [-0.2, 0) is 4.79 Å². The fourth-order valence-electron chi connectivity index (χ4n) is 1.57. The number of carbonyl (C=O) groups is 1. The molecular weight excluding hydrogens is 196 g/mol. The van der Waals surface area contributed by atoms with Crippen LogP contribution in [0.4, 0.5) is 0 Å². The molecule has 2 atom stereocenters. The van der Waals surface area contributed by atoms with Crippen LogP contribution in [0.5, 0.6) is 0 Å². The highest BCUT2D eigenvalue weighted by Crippen LogP contribution is 2.27. The monoisotopic (exact) mass is 216 g/mol. The van der Waals surface area contributed by atoms with Crippen LogP contribution in [0, 0.1) is 0 Å². The Hall–Kier alpha value is -0.220. The van der Waals surface area contributed by atoms with E-state index in [0.29, 0.717) is 18.2 Å². The Balaban J connectivity index is 2.18. The van der Waals surface area contributed by atoms with Gasteiger partial charge in [0.2, 0.25) is 5.91 Å². The number of rotatable bonds is 4. The molecule has 0 aromatic rings. The molecule has 3 nitrogen and oxygen atoms in total. The summed E-state index contributed by atoms with van der Waals surface area (Å²) in [6.45, 7) is 2.45. The zero-order chi connectivity index (χ0) is 10.4. The van der Waals surface area contributed by atoms with E-state index in [2.05, 4.69) is 5.32 Å². The van der Waals surface area contributed by atoms with Gasteiger partial charge in [0.15, 0.2) is 0 Å². The number of hydrogen-bond donors (Lipinski definition) is 2. The average molecular weight is 216 g/mol. The minimum Gasteiger partial charge on any atom is -0.352 e. The Morgan fingerprint density at radius 1 is 1.64 bits per heavy atom. The van der Waals surface area contributed by atoms with E-state index >= 15 is 0 Å². The first-order chi connectivity index (χ1) is 6.72. The molecule has 2 unspecified atom stereocenters. The molecule has 1 fully saturated rings. The molecule has 3 N–H and O–H groups in total. The van der Waals surface area contributed by atoms with Gasteiger partial charge in [-0.15, -0.1) is 0 Å². The Labute approximate surface area is 90.2 Å². The molecule has 1 amide bonds. The summed E-state index contributed by atoms with van der Waals surface area (Å²) < 4.78 is 0. The normalized spacial score (nSPS) is 24.3. The standard InChI is InChI=1S/C10H20N2OS/c1-8(7-11)12-10(13)6-9-4-2-3-5-14-9/h8-9H,2-7,11H2,1H3,(H,12,13). The minimum absolute atomic E-state index is 0.107. The zero-order valence-electron chi connectivity index (χ0n) is 8.79. The van der Waals surface area contributed by atoms with E-state index in [1.54, 1.807) is 0 Å². The zero-order valence-corrected chi connectivity index (χ0v) is 9.61. The van der Waals surface area contributed by atoms with E-state index in [0.717, 1.165) is 0 Å². The van der Waals surface area contributed by atoms with Crippen molar-refractivity contribution < 1.29 is 4.79 Å². The van der Waals surface area contributed by atoms with Gasteiger partial charge >= 0.3 is 0 Å². The molecule has 0 bridgehead atoms. The number of nitrogens with two attached hydrogens (primary N) is 1. The van der Waals surface area contributed by atoms with Crippen LogP contribution >= 0.6 is 11.8 Å². The maximum absolute atomic E-state index is 11.5. The molecule has 4 heteroatoms. The topological polar surface area (TPSA) is 55.1 Å². The van der Waals surface area contributed by atoms with Crippen molar-refractivity contribution in [1.29, 1.82) is 0 Å². The summed E-state index contributed by atoms with van der Waals surface area (Å²) >= 11 is 1.93. The summed E-state index contributed by atoms with van der Waals surface area (Å²) in [6, 6.07) is 0.107. The second kappa shape index (κ2) is 6.30. The lowest BCUT2D eigenvalue weighted by molar-refractivity contribution is -0.121. The fraction of sp³-hybridized carbons (Fsp3) is 0.900. The molecule has 0 spiro atoms. The van der Waals surface area contributed by atoms with Gasteiger partial charge < -0.3 is 11.1 Å². The van der Waals surface area contributed by atoms with Crippen molar-refractivity contribution in [2.45, 2.75) is 43.9 Å². The summed E-state index contributed by atoms with van der Waals surface area (Å²) in [5.41, 5.74) is 5.43. The summed E-state index contributed by atoms with van der Waals surface area (Å²) in [6.07, 6.45) is 4.43. The Morgan fingerprint density at radius 3 is 3.00 bits per heavy atom. The summed E-state index contributed by atoms with van der Waals surface area (Å²) in [7, 11) is 0. The van der Waals surface area contributed by atoms with E-state index in [-0.39, 0.29) is 11.9 Å². The van der Waals surface area contributed by atoms with Gasteiger partial charge in [0.1, 0.15) is 0 Å². The first-order valence-electron chi connectivity index (χ1n) is 5.33. The molecule has 0 aliphatic carbocycles. The van der Waals surface area contributed by atoms with Gasteiger partial charge in [0.25, 0.3) is 0 Å². The van der Waals surface area contributed by atoms with E-state index in [1.165, 1.54) is 25.0 Å². The summed E-state index contributed by atoms with van der Waals surface area (Å²) in [5, 5.41) is 3.44. The predicted molar refractivity (Wildman–Crippen MR) is 61.4 cm³/mol. The third-order valence-corrected chi connectivity index (χ3v) is 3.85. The van der Waals surface area contributed by atoms with Crippen molar-refractivity contribution in [3.05, 3.63) is 0 Å². The molecule has 0 radical (unpaired) electrons. The van der Waals surface area contributed by atoms with Crippen LogP contribution in [0.3, 0.4) is 0 Å². The lowest BCUT2D eigenvalue weighted by Crippen LogP contribution is -2.39. The van der Waals surface area contributed by atoms with Crippen LogP contribution in [0.2, 0.25) is 0 Å².